The van der Waals surface area contributed by atoms with E-state index in [1.54, 1.807) is 0 Å². The molecule has 3 aliphatic heterocycles. The highest BCUT2D eigenvalue weighted by Crippen LogP contribution is 2.62. The molecule has 1 spiro atoms. The molecule has 2 aliphatic carbocycles. The molecule has 0 N–H and O–H groups in total. The molecule has 31 heavy (non-hydrogen) atoms. The van der Waals surface area contributed by atoms with E-state index >= 15 is 0 Å². The molecule has 6 atom stereocenters. The maximum absolute atomic E-state index is 12.9. The van der Waals surface area contributed by atoms with Gasteiger partial charge in [-0.1, -0.05) is 18.5 Å². The summed E-state index contributed by atoms with van der Waals surface area (Å²) >= 11 is 6.03. The smallest absolute Gasteiger partial charge is 0.310 e. The Balaban J connectivity index is 1.11. The van der Waals surface area contributed by atoms with E-state index in [0.717, 1.165) is 57.2 Å². The Morgan fingerprint density at radius 3 is 2.58 bits per heavy atom. The van der Waals surface area contributed by atoms with Crippen molar-refractivity contribution in [3.05, 3.63) is 29.3 Å². The molecular formula is C25H33ClN2O3. The lowest BCUT2D eigenvalue weighted by Gasteiger charge is -2.51. The standard InChI is InChI=1S/C25H33ClN2O3/c1-24-7-2-8-25(16-30-25)22(24)13-19-20(23(29)31-21(19)14-24)15-27-9-11-28(12-10-27)18-5-3-17(26)4-6-18/h3-6,19-22H,2,7-16H2,1H3/t19-,20-,21-,22-,24-,25+/m1/s1. The highest BCUT2D eigenvalue weighted by molar-refractivity contribution is 6.30. The fourth-order valence-corrected chi connectivity index (χ4v) is 7.41. The molecule has 0 unspecified atom stereocenters. The topological polar surface area (TPSA) is 45.3 Å². The lowest BCUT2D eigenvalue weighted by molar-refractivity contribution is -0.147. The molecule has 0 amide bonds. The first-order valence-corrected chi connectivity index (χ1v) is 12.4. The summed E-state index contributed by atoms with van der Waals surface area (Å²) < 4.78 is 12.0. The predicted molar refractivity (Wildman–Crippen MR) is 120 cm³/mol. The monoisotopic (exact) mass is 444 g/mol. The van der Waals surface area contributed by atoms with Gasteiger partial charge in [-0.05, 0) is 67.7 Å². The number of epoxide rings is 1. The second-order valence-corrected chi connectivity index (χ2v) is 11.3. The largest absolute Gasteiger partial charge is 0.462 e. The van der Waals surface area contributed by atoms with Crippen LogP contribution >= 0.6 is 11.6 Å². The van der Waals surface area contributed by atoms with Crippen LogP contribution in [0.2, 0.25) is 5.02 Å². The third-order valence-electron chi connectivity index (χ3n) is 9.10. The Bertz CT molecular complexity index is 849. The van der Waals surface area contributed by atoms with Crippen LogP contribution in [0.4, 0.5) is 5.69 Å². The van der Waals surface area contributed by atoms with Crippen LogP contribution in [0.25, 0.3) is 0 Å². The average Bonchev–Trinajstić information content (AvgIpc) is 3.46. The summed E-state index contributed by atoms with van der Waals surface area (Å²) in [5.41, 5.74) is 1.62. The number of fused-ring (bicyclic) bond motifs is 3. The molecule has 5 fully saturated rings. The molecule has 5 aliphatic rings. The zero-order valence-corrected chi connectivity index (χ0v) is 19.2. The number of ether oxygens (including phenoxy) is 2. The normalized spacial score (nSPS) is 42.3. The SMILES string of the molecule is C[C@]12CCC[C@]3(CO3)[C@@H]1C[C@H]1[C@@H](C2)OC(=O)[C@@H]1CN1CCN(c2ccc(Cl)cc2)CC1. The summed E-state index contributed by atoms with van der Waals surface area (Å²) in [7, 11) is 0. The van der Waals surface area contributed by atoms with E-state index in [9.17, 15) is 4.79 Å². The van der Waals surface area contributed by atoms with Gasteiger partial charge in [0.2, 0.25) is 0 Å². The Morgan fingerprint density at radius 1 is 1.13 bits per heavy atom. The molecule has 1 aromatic rings. The van der Waals surface area contributed by atoms with Crippen molar-refractivity contribution < 1.29 is 14.3 Å². The van der Waals surface area contributed by atoms with Crippen LogP contribution < -0.4 is 4.90 Å². The van der Waals surface area contributed by atoms with E-state index in [4.69, 9.17) is 21.1 Å². The van der Waals surface area contributed by atoms with E-state index in [-0.39, 0.29) is 29.0 Å². The highest BCUT2D eigenvalue weighted by Gasteiger charge is 2.65. The molecule has 5 nitrogen and oxygen atoms in total. The van der Waals surface area contributed by atoms with Gasteiger partial charge >= 0.3 is 5.97 Å². The van der Waals surface area contributed by atoms with Gasteiger partial charge in [-0.3, -0.25) is 9.69 Å². The van der Waals surface area contributed by atoms with Crippen molar-refractivity contribution in [2.75, 3.05) is 44.2 Å². The third kappa shape index (κ3) is 3.48. The number of esters is 1. The zero-order valence-electron chi connectivity index (χ0n) is 18.4. The summed E-state index contributed by atoms with van der Waals surface area (Å²) in [4.78, 5) is 17.8. The quantitative estimate of drug-likeness (QED) is 0.521. The van der Waals surface area contributed by atoms with Gasteiger partial charge in [0, 0.05) is 49.4 Å². The van der Waals surface area contributed by atoms with Crippen LogP contribution in [-0.4, -0.2) is 61.9 Å². The number of carbonyl (C=O) groups excluding carboxylic acids is 1. The summed E-state index contributed by atoms with van der Waals surface area (Å²) in [5.74, 6) is 1.02. The Morgan fingerprint density at radius 2 is 1.87 bits per heavy atom. The van der Waals surface area contributed by atoms with Gasteiger partial charge in [-0.15, -0.1) is 0 Å². The van der Waals surface area contributed by atoms with Crippen molar-refractivity contribution in [2.45, 2.75) is 50.7 Å². The van der Waals surface area contributed by atoms with Crippen LogP contribution in [0.1, 0.15) is 39.0 Å². The summed E-state index contributed by atoms with van der Waals surface area (Å²) in [6.45, 7) is 8.12. The molecule has 2 saturated carbocycles. The van der Waals surface area contributed by atoms with Crippen molar-refractivity contribution in [3.63, 3.8) is 0 Å². The first-order chi connectivity index (χ1) is 15.0. The minimum Gasteiger partial charge on any atom is -0.462 e. The number of hydrogen-bond donors (Lipinski definition) is 0. The van der Waals surface area contributed by atoms with E-state index in [0.29, 0.717) is 11.8 Å². The number of nitrogens with zero attached hydrogens (tertiary/aromatic N) is 2. The van der Waals surface area contributed by atoms with E-state index in [1.807, 2.05) is 12.1 Å². The molecule has 3 heterocycles. The van der Waals surface area contributed by atoms with Crippen molar-refractivity contribution in [2.24, 2.45) is 23.2 Å². The molecule has 1 aromatic carbocycles. The summed E-state index contributed by atoms with van der Waals surface area (Å²) in [6.07, 6.45) is 5.95. The van der Waals surface area contributed by atoms with Gasteiger partial charge in [0.15, 0.2) is 0 Å². The molecule has 3 saturated heterocycles. The first-order valence-electron chi connectivity index (χ1n) is 12.0. The molecule has 6 heteroatoms. The van der Waals surface area contributed by atoms with Gasteiger partial charge in [0.05, 0.1) is 18.1 Å². The van der Waals surface area contributed by atoms with Crippen LogP contribution in [0, 0.1) is 23.2 Å². The van der Waals surface area contributed by atoms with E-state index < -0.39 is 0 Å². The fraction of sp³-hybridized carbons (Fsp3) is 0.720. The van der Waals surface area contributed by atoms with Gasteiger partial charge in [0.1, 0.15) is 6.10 Å². The Labute approximate surface area is 190 Å². The predicted octanol–water partition coefficient (Wildman–Crippen LogP) is 3.99. The van der Waals surface area contributed by atoms with Crippen molar-refractivity contribution in [1.29, 1.82) is 0 Å². The second kappa shape index (κ2) is 7.36. The third-order valence-corrected chi connectivity index (χ3v) is 9.35. The summed E-state index contributed by atoms with van der Waals surface area (Å²) in [5, 5.41) is 0.775. The van der Waals surface area contributed by atoms with Gasteiger partial charge in [-0.25, -0.2) is 0 Å². The average molecular weight is 445 g/mol. The van der Waals surface area contributed by atoms with Gasteiger partial charge < -0.3 is 14.4 Å². The Hall–Kier alpha value is -1.30. The second-order valence-electron chi connectivity index (χ2n) is 10.9. The Kier molecular flexibility index (Phi) is 4.82. The number of anilines is 1. The number of hydrogen-bond acceptors (Lipinski definition) is 5. The highest BCUT2D eigenvalue weighted by atomic mass is 35.5. The molecule has 6 rings (SSSR count). The van der Waals surface area contributed by atoms with Crippen molar-refractivity contribution in [1.82, 2.24) is 4.90 Å². The van der Waals surface area contributed by atoms with Gasteiger partial charge in [0.25, 0.3) is 0 Å². The van der Waals surface area contributed by atoms with Crippen LogP contribution in [0.15, 0.2) is 24.3 Å². The number of piperazine rings is 1. The van der Waals surface area contributed by atoms with E-state index in [1.165, 1.54) is 24.9 Å². The lowest BCUT2D eigenvalue weighted by atomic mass is 9.53. The molecule has 0 radical (unpaired) electrons. The maximum atomic E-state index is 12.9. The number of halogens is 1. The first kappa shape index (κ1) is 20.3. The minimum atomic E-state index is 0.0226. The number of rotatable bonds is 3. The summed E-state index contributed by atoms with van der Waals surface area (Å²) in [6, 6.07) is 8.10. The van der Waals surface area contributed by atoms with E-state index in [2.05, 4.69) is 28.9 Å². The lowest BCUT2D eigenvalue weighted by Crippen LogP contribution is -2.52. The van der Waals surface area contributed by atoms with Crippen LogP contribution in [-0.2, 0) is 14.3 Å². The molecule has 0 aromatic heterocycles. The zero-order chi connectivity index (χ0) is 21.2. The number of carbonyl (C=O) groups is 1. The number of benzene rings is 1. The fourth-order valence-electron chi connectivity index (χ4n) is 7.28. The molecular weight excluding hydrogens is 412 g/mol. The minimum absolute atomic E-state index is 0.0226. The van der Waals surface area contributed by atoms with Crippen LogP contribution in [0.3, 0.4) is 0 Å². The maximum Gasteiger partial charge on any atom is 0.310 e. The molecule has 168 valence electrons. The van der Waals surface area contributed by atoms with Crippen molar-refractivity contribution in [3.8, 4) is 0 Å². The van der Waals surface area contributed by atoms with Gasteiger partial charge in [-0.2, -0.15) is 0 Å². The van der Waals surface area contributed by atoms with Crippen LogP contribution in [0.5, 0.6) is 0 Å². The molecule has 0 bridgehead atoms. The van der Waals surface area contributed by atoms with Crippen molar-refractivity contribution >= 4 is 23.3 Å².